The largest absolute Gasteiger partial charge is 0.426 e. The van der Waals surface area contributed by atoms with Crippen LogP contribution in [0.1, 0.15) is 39.3 Å². The smallest absolute Gasteiger partial charge is 0.359 e. The van der Waals surface area contributed by atoms with E-state index in [2.05, 4.69) is 5.32 Å². The van der Waals surface area contributed by atoms with Gasteiger partial charge in [-0.3, -0.25) is 9.59 Å². The molecule has 1 aliphatic rings. The van der Waals surface area contributed by atoms with E-state index in [4.69, 9.17) is 27.6 Å². The normalized spacial score (nSPS) is 13.6. The monoisotopic (exact) mass is 351 g/mol. The van der Waals surface area contributed by atoms with E-state index in [1.807, 2.05) is 0 Å². The van der Waals surface area contributed by atoms with Crippen LogP contribution in [0.4, 0.5) is 5.69 Å². The second-order valence-corrected chi connectivity index (χ2v) is 5.93. The minimum atomic E-state index is -0.713. The zero-order chi connectivity index (χ0) is 16.6. The van der Waals surface area contributed by atoms with Crippen LogP contribution in [-0.2, 0) is 6.42 Å². The highest BCUT2D eigenvalue weighted by molar-refractivity contribution is 6.40. The van der Waals surface area contributed by atoms with Crippen LogP contribution >= 0.6 is 23.2 Å². The first-order valence-corrected chi connectivity index (χ1v) is 7.68. The highest BCUT2D eigenvalue weighted by Crippen LogP contribution is 2.26. The molecule has 0 aliphatic heterocycles. The van der Waals surface area contributed by atoms with E-state index in [0.29, 0.717) is 30.6 Å². The molecule has 0 spiro atoms. The van der Waals surface area contributed by atoms with Gasteiger partial charge in [-0.25, -0.2) is 4.79 Å². The second-order valence-electron chi connectivity index (χ2n) is 5.11. The lowest BCUT2D eigenvalue weighted by molar-refractivity contribution is 0.0963. The summed E-state index contributed by atoms with van der Waals surface area (Å²) in [5, 5.41) is 2.73. The zero-order valence-corrected chi connectivity index (χ0v) is 13.3. The fourth-order valence-electron chi connectivity index (χ4n) is 2.46. The van der Waals surface area contributed by atoms with Crippen LogP contribution in [0.3, 0.4) is 0 Å². The molecule has 23 heavy (non-hydrogen) atoms. The third-order valence-corrected chi connectivity index (χ3v) is 4.20. The number of hydrogen-bond donors (Lipinski definition) is 1. The van der Waals surface area contributed by atoms with Crippen LogP contribution < -0.4 is 10.9 Å². The third-order valence-electron chi connectivity index (χ3n) is 3.57. The minimum Gasteiger partial charge on any atom is -0.426 e. The summed E-state index contributed by atoms with van der Waals surface area (Å²) in [6.45, 7) is 0. The number of carbonyl (C=O) groups excluding carboxylic acids is 2. The Balaban J connectivity index is 1.97. The van der Waals surface area contributed by atoms with E-state index in [1.54, 1.807) is 6.07 Å². The van der Waals surface area contributed by atoms with E-state index in [9.17, 15) is 14.4 Å². The van der Waals surface area contributed by atoms with Gasteiger partial charge in [0.15, 0.2) is 5.78 Å². The van der Waals surface area contributed by atoms with Gasteiger partial charge in [0, 0.05) is 12.8 Å². The number of carbonyl (C=O) groups is 2. The topological polar surface area (TPSA) is 76.4 Å². The first kappa shape index (κ1) is 15.8. The van der Waals surface area contributed by atoms with Crippen molar-refractivity contribution in [1.82, 2.24) is 0 Å². The van der Waals surface area contributed by atoms with Gasteiger partial charge in [-0.05, 0) is 24.6 Å². The number of benzene rings is 1. The predicted octanol–water partition coefficient (Wildman–Crippen LogP) is 3.72. The number of hydrogen-bond acceptors (Lipinski definition) is 4. The van der Waals surface area contributed by atoms with E-state index in [-0.39, 0.29) is 27.1 Å². The quantitative estimate of drug-likeness (QED) is 0.894. The van der Waals surface area contributed by atoms with Gasteiger partial charge in [0.1, 0.15) is 11.4 Å². The molecule has 0 saturated heterocycles. The lowest BCUT2D eigenvalue weighted by atomic mass is 9.96. The summed E-state index contributed by atoms with van der Waals surface area (Å²) in [6, 6.07) is 5.99. The standard InChI is InChI=1S/C16H11Cl2NO4/c17-9-3-1-4-10(18)14(9)15(21)19-11-7-8-12(20)5-2-6-13(8)23-16(11)22/h1,3-4,7H,2,5-6H2,(H,19,21). The maximum absolute atomic E-state index is 12.3. The number of ketones is 1. The highest BCUT2D eigenvalue weighted by atomic mass is 35.5. The van der Waals surface area contributed by atoms with Gasteiger partial charge in [-0.1, -0.05) is 29.3 Å². The number of Topliss-reactive ketones (excluding diaryl/α,β-unsaturated/α-hetero) is 1. The summed E-state index contributed by atoms with van der Waals surface area (Å²) in [4.78, 5) is 36.2. The van der Waals surface area contributed by atoms with Crippen molar-refractivity contribution < 1.29 is 14.0 Å². The first-order chi connectivity index (χ1) is 11.0. The predicted molar refractivity (Wildman–Crippen MR) is 86.7 cm³/mol. The van der Waals surface area contributed by atoms with Crippen LogP contribution in [0.2, 0.25) is 10.0 Å². The van der Waals surface area contributed by atoms with E-state index in [0.717, 1.165) is 0 Å². The third kappa shape index (κ3) is 3.02. The number of halogens is 2. The van der Waals surface area contributed by atoms with Crippen molar-refractivity contribution in [2.24, 2.45) is 0 Å². The van der Waals surface area contributed by atoms with Crippen molar-refractivity contribution in [3.63, 3.8) is 0 Å². The van der Waals surface area contributed by atoms with Crippen molar-refractivity contribution in [3.8, 4) is 0 Å². The van der Waals surface area contributed by atoms with Gasteiger partial charge in [-0.15, -0.1) is 0 Å². The molecule has 3 rings (SSSR count). The van der Waals surface area contributed by atoms with E-state index < -0.39 is 11.5 Å². The van der Waals surface area contributed by atoms with Crippen molar-refractivity contribution in [2.75, 3.05) is 5.32 Å². The number of fused-ring (bicyclic) bond motifs is 1. The number of nitrogens with one attached hydrogen (secondary N) is 1. The summed E-state index contributed by atoms with van der Waals surface area (Å²) in [5.74, 6) is -0.391. The van der Waals surface area contributed by atoms with E-state index >= 15 is 0 Å². The summed E-state index contributed by atoms with van der Waals surface area (Å²) >= 11 is 11.9. The molecule has 0 atom stereocenters. The molecule has 0 radical (unpaired) electrons. The molecule has 1 aliphatic carbocycles. The average Bonchev–Trinajstić information content (AvgIpc) is 2.49. The Morgan fingerprint density at radius 2 is 1.83 bits per heavy atom. The molecule has 0 saturated carbocycles. The minimum absolute atomic E-state index is 0.0549. The van der Waals surface area contributed by atoms with Gasteiger partial charge in [-0.2, -0.15) is 0 Å². The van der Waals surface area contributed by atoms with Crippen LogP contribution in [0, 0.1) is 0 Å². The van der Waals surface area contributed by atoms with Crippen LogP contribution in [0.5, 0.6) is 0 Å². The summed E-state index contributed by atoms with van der Waals surface area (Å²) < 4.78 is 5.14. The maximum Gasteiger partial charge on any atom is 0.359 e. The van der Waals surface area contributed by atoms with Crippen molar-refractivity contribution >= 4 is 40.6 Å². The Kier molecular flexibility index (Phi) is 4.24. The maximum atomic E-state index is 12.3. The SMILES string of the molecule is O=C1CCCc2oc(=O)c(NC(=O)c3c(Cl)cccc3Cl)cc21. The summed E-state index contributed by atoms with van der Waals surface area (Å²) in [6.07, 6.45) is 1.57. The molecule has 1 aromatic heterocycles. The van der Waals surface area contributed by atoms with Gasteiger partial charge in [0.05, 0.1) is 21.2 Å². The summed E-state index contributed by atoms with van der Waals surface area (Å²) in [5.41, 5.74) is -0.439. The van der Waals surface area contributed by atoms with Crippen molar-refractivity contribution in [3.05, 3.63) is 61.6 Å². The van der Waals surface area contributed by atoms with Gasteiger partial charge in [0.2, 0.25) is 0 Å². The molecule has 1 amide bonds. The van der Waals surface area contributed by atoms with Gasteiger partial charge in [0.25, 0.3) is 5.91 Å². The second kappa shape index (κ2) is 6.18. The zero-order valence-electron chi connectivity index (χ0n) is 11.8. The van der Waals surface area contributed by atoms with Crippen molar-refractivity contribution in [2.45, 2.75) is 19.3 Å². The Morgan fingerprint density at radius 1 is 1.13 bits per heavy atom. The first-order valence-electron chi connectivity index (χ1n) is 6.93. The molecule has 1 aromatic carbocycles. The summed E-state index contributed by atoms with van der Waals surface area (Å²) in [7, 11) is 0. The molecule has 1 N–H and O–H groups in total. The highest BCUT2D eigenvalue weighted by Gasteiger charge is 2.23. The Labute approximate surface area is 141 Å². The van der Waals surface area contributed by atoms with Crippen LogP contribution in [-0.4, -0.2) is 11.7 Å². The number of anilines is 1. The number of rotatable bonds is 2. The molecule has 2 aromatic rings. The van der Waals surface area contributed by atoms with E-state index in [1.165, 1.54) is 18.2 Å². The fraction of sp³-hybridized carbons (Fsp3) is 0.188. The fourth-order valence-corrected chi connectivity index (χ4v) is 3.03. The lowest BCUT2D eigenvalue weighted by Gasteiger charge is -2.14. The van der Waals surface area contributed by atoms with Crippen LogP contribution in [0.15, 0.2) is 33.5 Å². The molecular formula is C16H11Cl2NO4. The number of amides is 1. The van der Waals surface area contributed by atoms with Gasteiger partial charge >= 0.3 is 5.63 Å². The molecule has 1 heterocycles. The molecule has 0 unspecified atom stereocenters. The lowest BCUT2D eigenvalue weighted by Crippen LogP contribution is -2.22. The molecule has 7 heteroatoms. The van der Waals surface area contributed by atoms with Gasteiger partial charge < -0.3 is 9.73 Å². The average molecular weight is 352 g/mol. The molecule has 0 fully saturated rings. The molecule has 118 valence electrons. The molecule has 5 nitrogen and oxygen atoms in total. The Morgan fingerprint density at radius 3 is 2.52 bits per heavy atom. The molecule has 0 bridgehead atoms. The Bertz CT molecular complexity index is 853. The van der Waals surface area contributed by atoms with Crippen LogP contribution in [0.25, 0.3) is 0 Å². The molecular weight excluding hydrogens is 341 g/mol. The Hall–Kier alpha value is -2.11. The number of aryl methyl sites for hydroxylation is 1. The van der Waals surface area contributed by atoms with Crippen molar-refractivity contribution in [1.29, 1.82) is 0 Å².